The number of ether oxygens (including phenoxy) is 3. The number of piperazine rings is 1. The molecule has 5 rings (SSSR count). The molecule has 3 aromatic rings. The van der Waals surface area contributed by atoms with Gasteiger partial charge in [-0.1, -0.05) is 12.1 Å². The van der Waals surface area contributed by atoms with Gasteiger partial charge in [0.1, 0.15) is 19.0 Å². The Morgan fingerprint density at radius 2 is 1.74 bits per heavy atom. The summed E-state index contributed by atoms with van der Waals surface area (Å²) >= 11 is 1.59. The number of aromatic nitrogens is 1. The van der Waals surface area contributed by atoms with Gasteiger partial charge in [-0.3, -0.25) is 9.59 Å². The number of rotatable bonds is 5. The Kier molecular flexibility index (Phi) is 6.35. The van der Waals surface area contributed by atoms with Crippen LogP contribution in [0.2, 0.25) is 0 Å². The summed E-state index contributed by atoms with van der Waals surface area (Å²) in [7, 11) is 0. The summed E-state index contributed by atoms with van der Waals surface area (Å²) in [5, 5.41) is 2.98. The van der Waals surface area contributed by atoms with Crippen molar-refractivity contribution in [1.29, 1.82) is 0 Å². The molecule has 0 bridgehead atoms. The molecule has 34 heavy (non-hydrogen) atoms. The number of hydrogen-bond donors (Lipinski definition) is 0. The van der Waals surface area contributed by atoms with Gasteiger partial charge in [0, 0.05) is 37.1 Å². The number of nitrogens with zero attached hydrogens (tertiary/aromatic N) is 3. The minimum absolute atomic E-state index is 0.0556. The van der Waals surface area contributed by atoms with Gasteiger partial charge >= 0.3 is 0 Å². The van der Waals surface area contributed by atoms with Gasteiger partial charge in [-0.25, -0.2) is 4.98 Å². The van der Waals surface area contributed by atoms with Crippen molar-refractivity contribution in [2.24, 2.45) is 0 Å². The molecule has 2 aliphatic rings. The van der Waals surface area contributed by atoms with Crippen LogP contribution in [0.1, 0.15) is 21.1 Å². The number of amides is 2. The van der Waals surface area contributed by atoms with Gasteiger partial charge in [-0.15, -0.1) is 11.3 Å². The molecule has 176 valence electrons. The molecular weight excluding hydrogens is 454 g/mol. The molecule has 0 saturated carbocycles. The van der Waals surface area contributed by atoms with E-state index in [9.17, 15) is 9.59 Å². The lowest BCUT2D eigenvalue weighted by Gasteiger charge is -2.37. The summed E-state index contributed by atoms with van der Waals surface area (Å²) < 4.78 is 17.3. The SMILES string of the molecule is Cc1nc(COc2ccc(C(=O)N3CCN(C(=O)[C@H]4COc5ccccc5O4)CC3)cc2)cs1. The zero-order valence-electron chi connectivity index (χ0n) is 18.8. The van der Waals surface area contributed by atoms with Crippen molar-refractivity contribution in [3.05, 3.63) is 70.2 Å². The molecule has 8 nitrogen and oxygen atoms in total. The fourth-order valence-corrected chi connectivity index (χ4v) is 4.58. The van der Waals surface area contributed by atoms with Crippen LogP contribution < -0.4 is 14.2 Å². The Labute approximate surface area is 201 Å². The minimum Gasteiger partial charge on any atom is -0.487 e. The van der Waals surface area contributed by atoms with E-state index in [2.05, 4.69) is 4.98 Å². The largest absolute Gasteiger partial charge is 0.487 e. The minimum atomic E-state index is -0.669. The Bertz CT molecular complexity index is 1170. The van der Waals surface area contributed by atoms with E-state index < -0.39 is 6.10 Å². The Hall–Kier alpha value is -3.59. The van der Waals surface area contributed by atoms with Crippen molar-refractivity contribution in [3.63, 3.8) is 0 Å². The molecule has 0 radical (unpaired) electrons. The van der Waals surface area contributed by atoms with Crippen molar-refractivity contribution in [1.82, 2.24) is 14.8 Å². The Morgan fingerprint density at radius 3 is 2.44 bits per heavy atom. The van der Waals surface area contributed by atoms with Gasteiger partial charge in [0.15, 0.2) is 11.5 Å². The van der Waals surface area contributed by atoms with Gasteiger partial charge in [-0.2, -0.15) is 0 Å². The third kappa shape index (κ3) is 4.84. The highest BCUT2D eigenvalue weighted by atomic mass is 32.1. The molecule has 2 amide bonds. The zero-order valence-corrected chi connectivity index (χ0v) is 19.6. The van der Waals surface area contributed by atoms with Crippen LogP contribution in [0, 0.1) is 6.92 Å². The number of para-hydroxylation sites is 2. The van der Waals surface area contributed by atoms with E-state index in [-0.39, 0.29) is 18.4 Å². The van der Waals surface area contributed by atoms with Crippen LogP contribution in [-0.4, -0.2) is 65.5 Å². The lowest BCUT2D eigenvalue weighted by molar-refractivity contribution is -0.142. The highest BCUT2D eigenvalue weighted by Crippen LogP contribution is 2.31. The number of carbonyl (C=O) groups excluding carboxylic acids is 2. The topological polar surface area (TPSA) is 81.2 Å². The van der Waals surface area contributed by atoms with Crippen LogP contribution in [0.4, 0.5) is 0 Å². The van der Waals surface area contributed by atoms with Crippen LogP contribution >= 0.6 is 11.3 Å². The van der Waals surface area contributed by atoms with E-state index in [0.717, 1.165) is 10.7 Å². The van der Waals surface area contributed by atoms with Gasteiger partial charge in [0.2, 0.25) is 6.10 Å². The normalized spacial score (nSPS) is 17.4. The number of fused-ring (bicyclic) bond motifs is 1. The molecule has 0 aliphatic carbocycles. The molecule has 2 aliphatic heterocycles. The van der Waals surface area contributed by atoms with Crippen LogP contribution in [0.3, 0.4) is 0 Å². The van der Waals surface area contributed by atoms with Gasteiger partial charge < -0.3 is 24.0 Å². The van der Waals surface area contributed by atoms with E-state index in [4.69, 9.17) is 14.2 Å². The van der Waals surface area contributed by atoms with E-state index in [1.54, 1.807) is 51.5 Å². The third-order valence-electron chi connectivity index (χ3n) is 5.82. The fourth-order valence-electron chi connectivity index (χ4n) is 3.98. The van der Waals surface area contributed by atoms with E-state index >= 15 is 0 Å². The highest BCUT2D eigenvalue weighted by molar-refractivity contribution is 7.09. The molecule has 1 atom stereocenters. The number of carbonyl (C=O) groups is 2. The maximum atomic E-state index is 12.9. The Balaban J connectivity index is 1.12. The van der Waals surface area contributed by atoms with Crippen molar-refractivity contribution in [3.8, 4) is 17.2 Å². The standard InChI is InChI=1S/C25H25N3O5S/c1-17-26-19(16-34-17)14-31-20-8-6-18(7-9-20)24(29)27-10-12-28(13-11-27)25(30)23-15-32-21-4-2-3-5-22(21)33-23/h2-9,16,23H,10-15H2,1H3/t23-/m1/s1. The van der Waals surface area contributed by atoms with Crippen LogP contribution in [0.25, 0.3) is 0 Å². The number of thiazole rings is 1. The predicted molar refractivity (Wildman–Crippen MR) is 126 cm³/mol. The third-order valence-corrected chi connectivity index (χ3v) is 6.64. The molecule has 9 heteroatoms. The zero-order chi connectivity index (χ0) is 23.5. The second-order valence-electron chi connectivity index (χ2n) is 8.15. The summed E-state index contributed by atoms with van der Waals surface area (Å²) in [5.74, 6) is 1.75. The molecule has 2 aromatic carbocycles. The molecule has 1 aromatic heterocycles. The van der Waals surface area contributed by atoms with E-state index in [1.807, 2.05) is 30.5 Å². The van der Waals surface area contributed by atoms with Gasteiger partial charge in [0.25, 0.3) is 11.8 Å². The number of benzene rings is 2. The molecule has 1 fully saturated rings. The summed E-state index contributed by atoms with van der Waals surface area (Å²) in [6, 6.07) is 14.5. The average Bonchev–Trinajstić information content (AvgIpc) is 3.31. The lowest BCUT2D eigenvalue weighted by atomic mass is 10.1. The first-order valence-electron chi connectivity index (χ1n) is 11.2. The molecule has 1 saturated heterocycles. The fraction of sp³-hybridized carbons (Fsp3) is 0.320. The maximum absolute atomic E-state index is 12.9. The van der Waals surface area contributed by atoms with Crippen molar-refractivity contribution >= 4 is 23.2 Å². The van der Waals surface area contributed by atoms with Gasteiger partial charge in [-0.05, 0) is 43.3 Å². The van der Waals surface area contributed by atoms with Crippen molar-refractivity contribution in [2.45, 2.75) is 19.6 Å². The van der Waals surface area contributed by atoms with Crippen LogP contribution in [0.15, 0.2) is 53.9 Å². The highest BCUT2D eigenvalue weighted by Gasteiger charge is 2.33. The predicted octanol–water partition coefficient (Wildman–Crippen LogP) is 3.15. The first-order valence-corrected chi connectivity index (χ1v) is 12.1. The molecular formula is C25H25N3O5S. The van der Waals surface area contributed by atoms with Crippen molar-refractivity contribution in [2.75, 3.05) is 32.8 Å². The molecule has 0 N–H and O–H groups in total. The summed E-state index contributed by atoms with van der Waals surface area (Å²) in [6.07, 6.45) is -0.669. The quantitative estimate of drug-likeness (QED) is 0.559. The maximum Gasteiger partial charge on any atom is 0.267 e. The number of hydrogen-bond acceptors (Lipinski definition) is 7. The first-order chi connectivity index (χ1) is 16.6. The lowest BCUT2D eigenvalue weighted by Crippen LogP contribution is -2.55. The molecule has 0 spiro atoms. The second kappa shape index (κ2) is 9.72. The van der Waals surface area contributed by atoms with E-state index in [0.29, 0.717) is 55.6 Å². The van der Waals surface area contributed by atoms with Crippen LogP contribution in [-0.2, 0) is 11.4 Å². The Morgan fingerprint density at radius 1 is 1.03 bits per heavy atom. The van der Waals surface area contributed by atoms with Crippen molar-refractivity contribution < 1.29 is 23.8 Å². The molecule has 0 unspecified atom stereocenters. The second-order valence-corrected chi connectivity index (χ2v) is 9.21. The monoisotopic (exact) mass is 479 g/mol. The van der Waals surface area contributed by atoms with E-state index in [1.165, 1.54) is 0 Å². The first kappa shape index (κ1) is 22.2. The number of aryl methyl sites for hydroxylation is 1. The summed E-state index contributed by atoms with van der Waals surface area (Å²) in [5.41, 5.74) is 1.49. The smallest absolute Gasteiger partial charge is 0.267 e. The summed E-state index contributed by atoms with van der Waals surface area (Å²) in [4.78, 5) is 33.7. The van der Waals surface area contributed by atoms with Crippen LogP contribution in [0.5, 0.6) is 17.2 Å². The molecule has 3 heterocycles. The average molecular weight is 480 g/mol. The summed E-state index contributed by atoms with van der Waals surface area (Å²) in [6.45, 7) is 4.40. The van der Waals surface area contributed by atoms with Gasteiger partial charge in [0.05, 0.1) is 10.7 Å².